The van der Waals surface area contributed by atoms with Gasteiger partial charge < -0.3 is 30.0 Å². The molecule has 3 N–H and O–H groups in total. The maximum absolute atomic E-state index is 12.8. The van der Waals surface area contributed by atoms with Crippen LogP contribution in [0.5, 0.6) is 0 Å². The van der Waals surface area contributed by atoms with E-state index in [9.17, 15) is 19.2 Å². The molecule has 0 aliphatic rings. The Bertz CT molecular complexity index is 598. The molecule has 0 heterocycles. The van der Waals surface area contributed by atoms with Crippen molar-refractivity contribution in [3.8, 4) is 0 Å². The summed E-state index contributed by atoms with van der Waals surface area (Å²) in [5.41, 5.74) is -1.31. The van der Waals surface area contributed by atoms with Crippen molar-refractivity contribution in [3.63, 3.8) is 0 Å². The third-order valence-electron chi connectivity index (χ3n) is 3.24. The SMILES string of the molecule is COC(=O)[C@H](COC(C)(C)C)NC(=O)[C@H](CSCCC(=O)O)NC(=O)OC(C)(C)C. The van der Waals surface area contributed by atoms with E-state index in [1.807, 2.05) is 0 Å². The molecule has 2 atom stereocenters. The van der Waals surface area contributed by atoms with Crippen LogP contribution in [0.3, 0.4) is 0 Å². The van der Waals surface area contributed by atoms with Gasteiger partial charge in [0, 0.05) is 11.5 Å². The summed E-state index contributed by atoms with van der Waals surface area (Å²) < 4.78 is 15.5. The lowest BCUT2D eigenvalue weighted by atomic mass is 10.2. The van der Waals surface area contributed by atoms with Crippen LogP contribution in [0.2, 0.25) is 0 Å². The predicted octanol–water partition coefficient (Wildman–Crippen LogP) is 1.56. The predicted molar refractivity (Wildman–Crippen MR) is 112 cm³/mol. The Labute approximate surface area is 181 Å². The second-order valence-corrected chi connectivity index (χ2v) is 9.58. The molecule has 0 aromatic heterocycles. The molecule has 11 heteroatoms. The summed E-state index contributed by atoms with van der Waals surface area (Å²) in [6.45, 7) is 10.3. The molecule has 0 saturated heterocycles. The van der Waals surface area contributed by atoms with E-state index in [4.69, 9.17) is 19.3 Å². The van der Waals surface area contributed by atoms with Gasteiger partial charge in [0.05, 0.1) is 25.7 Å². The Balaban J connectivity index is 5.19. The highest BCUT2D eigenvalue weighted by atomic mass is 32.2. The van der Waals surface area contributed by atoms with Crippen LogP contribution in [0.1, 0.15) is 48.0 Å². The largest absolute Gasteiger partial charge is 0.481 e. The van der Waals surface area contributed by atoms with Crippen LogP contribution in [0.25, 0.3) is 0 Å². The van der Waals surface area contributed by atoms with Gasteiger partial charge in [-0.1, -0.05) is 0 Å². The summed E-state index contributed by atoms with van der Waals surface area (Å²) >= 11 is 1.18. The Morgan fingerprint density at radius 1 is 0.967 bits per heavy atom. The number of amides is 2. The number of esters is 1. The average molecular weight is 451 g/mol. The Kier molecular flexibility index (Phi) is 11.8. The van der Waals surface area contributed by atoms with Crippen LogP contribution in [-0.4, -0.2) is 77.6 Å². The summed E-state index contributed by atoms with van der Waals surface area (Å²) in [6.07, 6.45) is -0.891. The van der Waals surface area contributed by atoms with E-state index in [2.05, 4.69) is 10.6 Å². The molecule has 0 unspecified atom stereocenters. The summed E-state index contributed by atoms with van der Waals surface area (Å²) in [5.74, 6) is -1.96. The third-order valence-corrected chi connectivity index (χ3v) is 4.30. The quantitative estimate of drug-likeness (QED) is 0.316. The minimum atomic E-state index is -1.08. The minimum Gasteiger partial charge on any atom is -0.481 e. The molecule has 0 aliphatic heterocycles. The number of methoxy groups -OCH3 is 1. The molecule has 30 heavy (non-hydrogen) atoms. The third kappa shape index (κ3) is 14.0. The molecule has 0 saturated carbocycles. The zero-order chi connectivity index (χ0) is 23.5. The first-order valence-electron chi connectivity index (χ1n) is 9.46. The van der Waals surface area contributed by atoms with Crippen molar-refractivity contribution in [1.29, 1.82) is 0 Å². The van der Waals surface area contributed by atoms with Crippen molar-refractivity contribution in [2.75, 3.05) is 25.2 Å². The van der Waals surface area contributed by atoms with Crippen molar-refractivity contribution in [2.45, 2.75) is 71.2 Å². The summed E-state index contributed by atoms with van der Waals surface area (Å²) in [5, 5.41) is 13.7. The number of ether oxygens (including phenoxy) is 3. The van der Waals surface area contributed by atoms with E-state index in [0.29, 0.717) is 0 Å². The van der Waals surface area contributed by atoms with Crippen LogP contribution in [0.4, 0.5) is 4.79 Å². The molecular formula is C19H34N2O8S. The van der Waals surface area contributed by atoms with Gasteiger partial charge >= 0.3 is 18.0 Å². The Morgan fingerprint density at radius 2 is 1.57 bits per heavy atom. The number of carbonyl (C=O) groups excluding carboxylic acids is 3. The van der Waals surface area contributed by atoms with E-state index >= 15 is 0 Å². The van der Waals surface area contributed by atoms with Gasteiger partial charge in [-0.05, 0) is 41.5 Å². The summed E-state index contributed by atoms with van der Waals surface area (Å²) in [7, 11) is 1.19. The first kappa shape index (κ1) is 28.0. The summed E-state index contributed by atoms with van der Waals surface area (Å²) in [6, 6.07) is -2.13. The molecule has 10 nitrogen and oxygen atoms in total. The highest BCUT2D eigenvalue weighted by Crippen LogP contribution is 2.11. The normalized spacial score (nSPS) is 13.7. The van der Waals surface area contributed by atoms with Crippen LogP contribution >= 0.6 is 11.8 Å². The Morgan fingerprint density at radius 3 is 2.03 bits per heavy atom. The van der Waals surface area contributed by atoms with Gasteiger partial charge in [0.2, 0.25) is 5.91 Å². The molecule has 0 spiro atoms. The van der Waals surface area contributed by atoms with Crippen LogP contribution in [-0.2, 0) is 28.6 Å². The fourth-order valence-corrected chi connectivity index (χ4v) is 2.87. The monoisotopic (exact) mass is 450 g/mol. The van der Waals surface area contributed by atoms with Gasteiger partial charge in [-0.3, -0.25) is 9.59 Å². The standard InChI is InChI=1S/C19H34N2O8S/c1-18(2,3)28-10-12(16(25)27-7)20-15(24)13(11-30-9-8-14(22)23)21-17(26)29-19(4,5)6/h12-13H,8-11H2,1-7H3,(H,20,24)(H,21,26)(H,22,23)/t12-,13-/m0/s1. The number of hydrogen-bond donors (Lipinski definition) is 3. The molecule has 0 fully saturated rings. The van der Waals surface area contributed by atoms with Gasteiger partial charge in [-0.2, -0.15) is 11.8 Å². The fraction of sp³-hybridized carbons (Fsp3) is 0.789. The maximum Gasteiger partial charge on any atom is 0.408 e. The topological polar surface area (TPSA) is 140 Å². The average Bonchev–Trinajstić information content (AvgIpc) is 2.57. The van der Waals surface area contributed by atoms with Gasteiger partial charge in [-0.15, -0.1) is 0 Å². The van der Waals surface area contributed by atoms with Crippen molar-refractivity contribution in [1.82, 2.24) is 10.6 Å². The van der Waals surface area contributed by atoms with E-state index in [0.717, 1.165) is 0 Å². The van der Waals surface area contributed by atoms with Crippen LogP contribution in [0.15, 0.2) is 0 Å². The number of carboxylic acids is 1. The number of thioether (sulfide) groups is 1. The van der Waals surface area contributed by atoms with Gasteiger partial charge in [0.15, 0.2) is 6.04 Å². The lowest BCUT2D eigenvalue weighted by Gasteiger charge is -2.26. The fourth-order valence-electron chi connectivity index (χ4n) is 1.91. The molecular weight excluding hydrogens is 416 g/mol. The first-order chi connectivity index (χ1) is 13.6. The van der Waals surface area contributed by atoms with Crippen molar-refractivity contribution >= 4 is 35.7 Å². The summed E-state index contributed by atoms with van der Waals surface area (Å²) in [4.78, 5) is 47.6. The van der Waals surface area contributed by atoms with Crippen LogP contribution < -0.4 is 10.6 Å². The molecule has 0 radical (unpaired) electrons. The van der Waals surface area contributed by atoms with E-state index in [1.54, 1.807) is 41.5 Å². The maximum atomic E-state index is 12.8. The first-order valence-corrected chi connectivity index (χ1v) is 10.6. The molecule has 0 aliphatic carbocycles. The zero-order valence-corrected chi connectivity index (χ0v) is 19.5. The zero-order valence-electron chi connectivity index (χ0n) is 18.7. The minimum absolute atomic E-state index is 0.0876. The second-order valence-electron chi connectivity index (χ2n) is 8.43. The molecule has 0 aromatic rings. The van der Waals surface area contributed by atoms with Gasteiger partial charge in [-0.25, -0.2) is 9.59 Å². The molecule has 2 amide bonds. The van der Waals surface area contributed by atoms with Crippen LogP contribution in [0, 0.1) is 0 Å². The Hall–Kier alpha value is -2.01. The second kappa shape index (κ2) is 12.6. The number of rotatable bonds is 11. The highest BCUT2D eigenvalue weighted by molar-refractivity contribution is 7.99. The van der Waals surface area contributed by atoms with Gasteiger partial charge in [0.25, 0.3) is 0 Å². The lowest BCUT2D eigenvalue weighted by molar-refractivity contribution is -0.148. The molecule has 174 valence electrons. The number of aliphatic carboxylic acids is 1. The molecule has 0 bridgehead atoms. The number of nitrogens with one attached hydrogen (secondary N) is 2. The molecule has 0 rings (SSSR count). The van der Waals surface area contributed by atoms with E-state index < -0.39 is 47.2 Å². The number of carboxylic acid groups (broad SMARTS) is 1. The van der Waals surface area contributed by atoms with E-state index in [1.165, 1.54) is 18.9 Å². The van der Waals surface area contributed by atoms with Crippen molar-refractivity contribution in [3.05, 3.63) is 0 Å². The molecule has 0 aromatic carbocycles. The van der Waals surface area contributed by atoms with Gasteiger partial charge in [0.1, 0.15) is 11.6 Å². The van der Waals surface area contributed by atoms with Crippen molar-refractivity contribution in [2.24, 2.45) is 0 Å². The smallest absolute Gasteiger partial charge is 0.408 e. The number of hydrogen-bond acceptors (Lipinski definition) is 8. The number of carbonyl (C=O) groups is 4. The van der Waals surface area contributed by atoms with Crippen molar-refractivity contribution < 1.29 is 38.5 Å². The van der Waals surface area contributed by atoms with E-state index in [-0.39, 0.29) is 24.5 Å². The number of alkyl carbamates (subject to hydrolysis) is 1. The lowest BCUT2D eigenvalue weighted by Crippen LogP contribution is -2.55. The highest BCUT2D eigenvalue weighted by Gasteiger charge is 2.30.